The highest BCUT2D eigenvalue weighted by molar-refractivity contribution is 9.10. The number of benzene rings is 1. The minimum atomic E-state index is 0.208. The Morgan fingerprint density at radius 3 is 2.73 bits per heavy atom. The zero-order valence-corrected chi connectivity index (χ0v) is 10.00. The Balaban J connectivity index is 2.10. The fraction of sp³-hybridized carbons (Fsp3) is 0.417. The maximum atomic E-state index is 8.91. The molecule has 0 spiro atoms. The molecule has 2 nitrogen and oxygen atoms in total. The molecule has 15 heavy (non-hydrogen) atoms. The highest BCUT2D eigenvalue weighted by atomic mass is 79.9. The first-order chi connectivity index (χ1) is 7.29. The molecular weight excluding hydrogens is 252 g/mol. The van der Waals surface area contributed by atoms with Crippen LogP contribution >= 0.6 is 15.9 Å². The van der Waals surface area contributed by atoms with Crippen LogP contribution in [0.15, 0.2) is 28.7 Å². The molecule has 2 rings (SSSR count). The van der Waals surface area contributed by atoms with Gasteiger partial charge in [-0.2, -0.15) is 5.26 Å². The summed E-state index contributed by atoms with van der Waals surface area (Å²) in [6.07, 6.45) is 1.90. The van der Waals surface area contributed by atoms with E-state index < -0.39 is 0 Å². The molecule has 1 N–H and O–H groups in total. The third-order valence-electron chi connectivity index (χ3n) is 2.86. The summed E-state index contributed by atoms with van der Waals surface area (Å²) in [5, 5.41) is 12.4. The van der Waals surface area contributed by atoms with Crippen molar-refractivity contribution < 1.29 is 0 Å². The Hall–Kier alpha value is -0.850. The summed E-state index contributed by atoms with van der Waals surface area (Å²) >= 11 is 3.42. The van der Waals surface area contributed by atoms with Crippen molar-refractivity contribution in [2.45, 2.75) is 18.9 Å². The van der Waals surface area contributed by atoms with Gasteiger partial charge in [-0.3, -0.25) is 0 Å². The summed E-state index contributed by atoms with van der Waals surface area (Å²) in [6.45, 7) is 0.943. The summed E-state index contributed by atoms with van der Waals surface area (Å²) in [5.41, 5.74) is 1.28. The first-order valence-corrected chi connectivity index (χ1v) is 5.97. The van der Waals surface area contributed by atoms with Crippen molar-refractivity contribution in [3.05, 3.63) is 34.3 Å². The number of hydrogen-bond donors (Lipinski definition) is 1. The lowest BCUT2D eigenvalue weighted by atomic mass is 9.90. The standard InChI is InChI=1S/C12H13BrN2/c13-11-3-1-10(2-4-11)12-7-9(8-14)5-6-15-12/h1-4,9,12,15H,5-7H2. The van der Waals surface area contributed by atoms with Gasteiger partial charge in [0.1, 0.15) is 0 Å². The van der Waals surface area contributed by atoms with Crippen molar-refractivity contribution >= 4 is 15.9 Å². The van der Waals surface area contributed by atoms with Gasteiger partial charge in [-0.25, -0.2) is 0 Å². The van der Waals surface area contributed by atoms with E-state index in [1.165, 1.54) is 5.56 Å². The molecule has 3 heteroatoms. The van der Waals surface area contributed by atoms with Crippen molar-refractivity contribution in [3.63, 3.8) is 0 Å². The number of nitrogens with one attached hydrogen (secondary N) is 1. The number of halogens is 1. The molecule has 0 saturated carbocycles. The second-order valence-electron chi connectivity index (χ2n) is 3.91. The molecule has 1 heterocycles. The average molecular weight is 265 g/mol. The lowest BCUT2D eigenvalue weighted by molar-refractivity contribution is 0.356. The van der Waals surface area contributed by atoms with Crippen LogP contribution in [0.25, 0.3) is 0 Å². The molecule has 1 fully saturated rings. The van der Waals surface area contributed by atoms with Crippen molar-refractivity contribution in [2.24, 2.45) is 5.92 Å². The monoisotopic (exact) mass is 264 g/mol. The van der Waals surface area contributed by atoms with Gasteiger partial charge in [0, 0.05) is 16.4 Å². The maximum absolute atomic E-state index is 8.91. The van der Waals surface area contributed by atoms with Crippen LogP contribution in [0.5, 0.6) is 0 Å². The van der Waals surface area contributed by atoms with Crippen molar-refractivity contribution in [1.82, 2.24) is 5.32 Å². The SMILES string of the molecule is N#CC1CCNC(c2ccc(Br)cc2)C1. The average Bonchev–Trinajstić information content (AvgIpc) is 2.30. The Morgan fingerprint density at radius 1 is 1.33 bits per heavy atom. The molecule has 2 atom stereocenters. The fourth-order valence-corrected chi connectivity index (χ4v) is 2.25. The molecule has 0 aliphatic carbocycles. The van der Waals surface area contributed by atoms with Crippen molar-refractivity contribution in [1.29, 1.82) is 5.26 Å². The second kappa shape index (κ2) is 4.78. The number of rotatable bonds is 1. The van der Waals surface area contributed by atoms with E-state index in [1.54, 1.807) is 0 Å². The highest BCUT2D eigenvalue weighted by Crippen LogP contribution is 2.27. The van der Waals surface area contributed by atoms with Gasteiger partial charge >= 0.3 is 0 Å². The zero-order valence-electron chi connectivity index (χ0n) is 8.41. The fourth-order valence-electron chi connectivity index (χ4n) is 1.98. The summed E-state index contributed by atoms with van der Waals surface area (Å²) in [6, 6.07) is 11.0. The van der Waals surface area contributed by atoms with E-state index in [2.05, 4.69) is 39.4 Å². The third-order valence-corrected chi connectivity index (χ3v) is 3.39. The van der Waals surface area contributed by atoms with E-state index in [0.29, 0.717) is 6.04 Å². The van der Waals surface area contributed by atoms with Crippen LogP contribution in [0, 0.1) is 17.2 Å². The molecule has 0 aromatic heterocycles. The Morgan fingerprint density at radius 2 is 2.07 bits per heavy atom. The van der Waals surface area contributed by atoms with Gasteiger partial charge in [0.2, 0.25) is 0 Å². The normalized spacial score (nSPS) is 25.9. The minimum absolute atomic E-state index is 0.208. The molecule has 1 aliphatic rings. The molecule has 0 bridgehead atoms. The topological polar surface area (TPSA) is 35.8 Å². The van der Waals surface area contributed by atoms with E-state index >= 15 is 0 Å². The van der Waals surface area contributed by atoms with Crippen molar-refractivity contribution in [2.75, 3.05) is 6.54 Å². The van der Waals surface area contributed by atoms with E-state index in [4.69, 9.17) is 5.26 Å². The van der Waals surface area contributed by atoms with E-state index in [-0.39, 0.29) is 5.92 Å². The van der Waals surface area contributed by atoms with Gasteiger partial charge in [-0.15, -0.1) is 0 Å². The largest absolute Gasteiger partial charge is 0.310 e. The Labute approximate surface area is 98.4 Å². The summed E-state index contributed by atoms with van der Waals surface area (Å²) in [5.74, 6) is 0.208. The van der Waals surface area contributed by atoms with Gasteiger partial charge < -0.3 is 5.32 Å². The third kappa shape index (κ3) is 2.58. The van der Waals surface area contributed by atoms with Crippen LogP contribution in [0.2, 0.25) is 0 Å². The molecule has 1 aliphatic heterocycles. The first kappa shape index (κ1) is 10.7. The molecule has 1 aromatic rings. The minimum Gasteiger partial charge on any atom is -0.310 e. The number of piperidine rings is 1. The molecule has 0 radical (unpaired) electrons. The number of hydrogen-bond acceptors (Lipinski definition) is 2. The Bertz CT molecular complexity index is 366. The number of nitrogens with zero attached hydrogens (tertiary/aromatic N) is 1. The van der Waals surface area contributed by atoms with E-state index in [9.17, 15) is 0 Å². The Kier molecular flexibility index (Phi) is 3.40. The van der Waals surface area contributed by atoms with E-state index in [1.807, 2.05) is 12.1 Å². The molecule has 2 unspecified atom stereocenters. The predicted octanol–water partition coefficient (Wildman–Crippen LogP) is 3.01. The van der Waals surface area contributed by atoms with Gasteiger partial charge in [0.05, 0.1) is 6.07 Å². The molecular formula is C12H13BrN2. The van der Waals surface area contributed by atoms with Crippen LogP contribution in [0.1, 0.15) is 24.4 Å². The lowest BCUT2D eigenvalue weighted by Crippen LogP contribution is -2.31. The van der Waals surface area contributed by atoms with Gasteiger partial charge in [-0.1, -0.05) is 28.1 Å². The zero-order chi connectivity index (χ0) is 10.7. The van der Waals surface area contributed by atoms with E-state index in [0.717, 1.165) is 23.9 Å². The quantitative estimate of drug-likeness (QED) is 0.847. The van der Waals surface area contributed by atoms with Crippen LogP contribution in [-0.2, 0) is 0 Å². The molecule has 1 saturated heterocycles. The second-order valence-corrected chi connectivity index (χ2v) is 4.82. The predicted molar refractivity (Wildman–Crippen MR) is 63.2 cm³/mol. The van der Waals surface area contributed by atoms with Crippen molar-refractivity contribution in [3.8, 4) is 6.07 Å². The van der Waals surface area contributed by atoms with Gasteiger partial charge in [-0.05, 0) is 37.1 Å². The summed E-state index contributed by atoms with van der Waals surface area (Å²) < 4.78 is 1.10. The summed E-state index contributed by atoms with van der Waals surface area (Å²) in [7, 11) is 0. The van der Waals surface area contributed by atoms with Crippen LogP contribution < -0.4 is 5.32 Å². The molecule has 1 aromatic carbocycles. The summed E-state index contributed by atoms with van der Waals surface area (Å²) in [4.78, 5) is 0. The van der Waals surface area contributed by atoms with Crippen LogP contribution in [0.3, 0.4) is 0 Å². The number of nitriles is 1. The van der Waals surface area contributed by atoms with Crippen LogP contribution in [0.4, 0.5) is 0 Å². The lowest BCUT2D eigenvalue weighted by Gasteiger charge is -2.27. The highest BCUT2D eigenvalue weighted by Gasteiger charge is 2.21. The maximum Gasteiger partial charge on any atom is 0.0657 e. The van der Waals surface area contributed by atoms with Gasteiger partial charge in [0.25, 0.3) is 0 Å². The smallest absolute Gasteiger partial charge is 0.0657 e. The van der Waals surface area contributed by atoms with Gasteiger partial charge in [0.15, 0.2) is 0 Å². The molecule has 78 valence electrons. The van der Waals surface area contributed by atoms with Crippen LogP contribution in [-0.4, -0.2) is 6.54 Å². The molecule has 0 amide bonds. The first-order valence-electron chi connectivity index (χ1n) is 5.18.